The lowest BCUT2D eigenvalue weighted by Crippen LogP contribution is -2.33. The van der Waals surface area contributed by atoms with Crippen LogP contribution >= 0.6 is 11.3 Å². The zero-order valence-corrected chi connectivity index (χ0v) is 17.2. The Morgan fingerprint density at radius 2 is 2.20 bits per heavy atom. The van der Waals surface area contributed by atoms with Gasteiger partial charge in [0.2, 0.25) is 0 Å². The van der Waals surface area contributed by atoms with E-state index in [-0.39, 0.29) is 47.9 Å². The number of hydrogen-bond acceptors (Lipinski definition) is 6. The first kappa shape index (κ1) is 19.9. The fourth-order valence-electron chi connectivity index (χ4n) is 5.18. The molecule has 8 heteroatoms. The molecule has 6 nitrogen and oxygen atoms in total. The lowest BCUT2D eigenvalue weighted by atomic mass is 9.87. The highest BCUT2D eigenvalue weighted by molar-refractivity contribution is 7.09. The minimum absolute atomic E-state index is 0.0369. The zero-order valence-electron chi connectivity index (χ0n) is 16.4. The van der Waals surface area contributed by atoms with Gasteiger partial charge < -0.3 is 19.7 Å². The second-order valence-corrected chi connectivity index (χ2v) is 9.32. The maximum absolute atomic E-state index is 14.7. The minimum atomic E-state index is -1.04. The summed E-state index contributed by atoms with van der Waals surface area (Å²) in [4.78, 5) is 15.2. The highest BCUT2D eigenvalue weighted by atomic mass is 32.1. The summed E-state index contributed by atoms with van der Waals surface area (Å²) in [5, 5.41) is 21.9. The summed E-state index contributed by atoms with van der Waals surface area (Å²) in [5.74, 6) is -1.02. The van der Waals surface area contributed by atoms with E-state index in [0.29, 0.717) is 17.8 Å². The predicted molar refractivity (Wildman–Crippen MR) is 107 cm³/mol. The first-order chi connectivity index (χ1) is 14.5. The molecule has 30 heavy (non-hydrogen) atoms. The second kappa shape index (κ2) is 7.90. The van der Waals surface area contributed by atoms with Crippen molar-refractivity contribution in [3.8, 4) is 5.75 Å². The Bertz CT molecular complexity index is 963. The molecule has 0 amide bonds. The quantitative estimate of drug-likeness (QED) is 0.746. The van der Waals surface area contributed by atoms with Gasteiger partial charge in [-0.05, 0) is 55.2 Å². The molecule has 2 N–H and O–H groups in total. The molecule has 1 aliphatic heterocycles. The van der Waals surface area contributed by atoms with Gasteiger partial charge in [-0.2, -0.15) is 0 Å². The molecule has 1 aromatic heterocycles. The summed E-state index contributed by atoms with van der Waals surface area (Å²) >= 11 is 1.29. The van der Waals surface area contributed by atoms with E-state index in [4.69, 9.17) is 14.6 Å². The molecule has 5 atom stereocenters. The van der Waals surface area contributed by atoms with Crippen LogP contribution in [0, 0.1) is 17.7 Å². The fraction of sp³-hybridized carbons (Fsp3) is 0.545. The number of carboxylic acids is 1. The standard InChI is InChI=1S/C22H24FNO5S/c23-20-12-3-1-2-11(12)4-6-17(20)28-9-14-13-5-7-18(29-19(13)8-16(14)25)21-24-15(10-30-21)22(26)27/h4,6,10,13-14,16,18-19,25H,1-3,5,7-9H2,(H,26,27)/t13-,14-,16+,18-,19+/m1/s1. The van der Waals surface area contributed by atoms with Crippen LogP contribution in [-0.2, 0) is 17.6 Å². The number of aliphatic hydroxyl groups is 1. The maximum Gasteiger partial charge on any atom is 0.355 e. The van der Waals surface area contributed by atoms with Crippen LogP contribution < -0.4 is 4.74 Å². The average molecular weight is 434 g/mol. The number of benzene rings is 1. The Balaban J connectivity index is 1.24. The Labute approximate surface area is 177 Å². The van der Waals surface area contributed by atoms with Gasteiger partial charge in [0.15, 0.2) is 17.3 Å². The highest BCUT2D eigenvalue weighted by Gasteiger charge is 2.47. The first-order valence-electron chi connectivity index (χ1n) is 10.5. The van der Waals surface area contributed by atoms with Crippen molar-refractivity contribution in [3.05, 3.63) is 45.2 Å². The largest absolute Gasteiger partial charge is 0.490 e. The van der Waals surface area contributed by atoms with Crippen LogP contribution in [0.2, 0.25) is 0 Å². The van der Waals surface area contributed by atoms with Crippen LogP contribution in [0.1, 0.15) is 58.4 Å². The van der Waals surface area contributed by atoms with Crippen molar-refractivity contribution in [2.45, 2.75) is 56.8 Å². The van der Waals surface area contributed by atoms with Crippen molar-refractivity contribution in [1.82, 2.24) is 4.98 Å². The molecular weight excluding hydrogens is 409 g/mol. The number of aryl methyl sites for hydroxylation is 1. The molecular formula is C22H24FNO5S. The van der Waals surface area contributed by atoms with Gasteiger partial charge in [-0.15, -0.1) is 11.3 Å². The van der Waals surface area contributed by atoms with Gasteiger partial charge in [-0.1, -0.05) is 6.07 Å². The number of fused-ring (bicyclic) bond motifs is 2. The Morgan fingerprint density at radius 1 is 1.33 bits per heavy atom. The molecule has 1 saturated carbocycles. The lowest BCUT2D eigenvalue weighted by Gasteiger charge is -2.33. The smallest absolute Gasteiger partial charge is 0.355 e. The summed E-state index contributed by atoms with van der Waals surface area (Å²) in [7, 11) is 0. The molecule has 2 aromatic rings. The van der Waals surface area contributed by atoms with Crippen molar-refractivity contribution < 1.29 is 28.9 Å². The molecule has 5 rings (SSSR count). The average Bonchev–Trinajstić information content (AvgIpc) is 3.45. The third-order valence-corrected chi connectivity index (χ3v) is 7.66. The molecule has 160 valence electrons. The number of aromatic carboxylic acids is 1. The van der Waals surface area contributed by atoms with E-state index < -0.39 is 12.1 Å². The Kier molecular flexibility index (Phi) is 5.24. The van der Waals surface area contributed by atoms with Crippen LogP contribution in [-0.4, -0.2) is 40.0 Å². The topological polar surface area (TPSA) is 88.9 Å². The van der Waals surface area contributed by atoms with Crippen molar-refractivity contribution >= 4 is 17.3 Å². The third kappa shape index (κ3) is 3.50. The van der Waals surface area contributed by atoms with Crippen LogP contribution in [0.25, 0.3) is 0 Å². The summed E-state index contributed by atoms with van der Waals surface area (Å²) in [5.41, 5.74) is 1.88. The van der Waals surface area contributed by atoms with Gasteiger partial charge >= 0.3 is 5.97 Å². The number of halogens is 1. The van der Waals surface area contributed by atoms with E-state index in [1.165, 1.54) is 16.7 Å². The summed E-state index contributed by atoms with van der Waals surface area (Å²) in [6.45, 7) is 0.256. The number of hydrogen-bond donors (Lipinski definition) is 2. The monoisotopic (exact) mass is 433 g/mol. The number of aromatic nitrogens is 1. The number of nitrogens with zero attached hydrogens (tertiary/aromatic N) is 1. The third-order valence-electron chi connectivity index (χ3n) is 6.72. The molecule has 1 saturated heterocycles. The van der Waals surface area contributed by atoms with Gasteiger partial charge in [0, 0.05) is 17.7 Å². The van der Waals surface area contributed by atoms with E-state index in [1.54, 1.807) is 6.07 Å². The molecule has 0 spiro atoms. The molecule has 3 aliphatic rings. The number of thiazole rings is 1. The van der Waals surface area contributed by atoms with Crippen molar-refractivity contribution in [1.29, 1.82) is 0 Å². The number of carbonyl (C=O) groups is 1. The lowest BCUT2D eigenvalue weighted by molar-refractivity contribution is -0.0812. The van der Waals surface area contributed by atoms with Gasteiger partial charge in [-0.25, -0.2) is 14.2 Å². The van der Waals surface area contributed by atoms with E-state index in [2.05, 4.69) is 4.98 Å². The van der Waals surface area contributed by atoms with Gasteiger partial charge in [0.1, 0.15) is 11.1 Å². The van der Waals surface area contributed by atoms with Crippen molar-refractivity contribution in [2.24, 2.45) is 11.8 Å². The number of ether oxygens (including phenoxy) is 2. The number of carboxylic acid groups (broad SMARTS) is 1. The van der Waals surface area contributed by atoms with Gasteiger partial charge in [-0.3, -0.25) is 0 Å². The van der Waals surface area contributed by atoms with E-state index in [0.717, 1.165) is 36.8 Å². The minimum Gasteiger partial charge on any atom is -0.490 e. The zero-order chi connectivity index (χ0) is 20.8. The van der Waals surface area contributed by atoms with Crippen LogP contribution in [0.5, 0.6) is 5.75 Å². The van der Waals surface area contributed by atoms with Gasteiger partial charge in [0.25, 0.3) is 0 Å². The van der Waals surface area contributed by atoms with Crippen molar-refractivity contribution in [2.75, 3.05) is 6.61 Å². The highest BCUT2D eigenvalue weighted by Crippen LogP contribution is 2.46. The normalized spacial score (nSPS) is 30.1. The molecule has 1 aromatic carbocycles. The molecule has 0 unspecified atom stereocenters. The van der Waals surface area contributed by atoms with E-state index in [1.807, 2.05) is 6.07 Å². The summed E-state index contributed by atoms with van der Waals surface area (Å²) < 4.78 is 26.7. The second-order valence-electron chi connectivity index (χ2n) is 8.43. The maximum atomic E-state index is 14.7. The van der Waals surface area contributed by atoms with E-state index in [9.17, 15) is 14.3 Å². The number of aliphatic hydroxyl groups excluding tert-OH is 1. The Morgan fingerprint density at radius 3 is 3.00 bits per heavy atom. The molecule has 0 radical (unpaired) electrons. The fourth-order valence-corrected chi connectivity index (χ4v) is 6.04. The predicted octanol–water partition coefficient (Wildman–Crippen LogP) is 3.77. The molecule has 0 bridgehead atoms. The summed E-state index contributed by atoms with van der Waals surface area (Å²) in [6, 6.07) is 3.65. The SMILES string of the molecule is O=C(O)c1csc([C@H]2CC[C@@H]3[C@@H](COc4ccc5c(c4F)CCC5)[C@@H](O)C[C@@H]3O2)n1. The van der Waals surface area contributed by atoms with Crippen LogP contribution in [0.4, 0.5) is 4.39 Å². The van der Waals surface area contributed by atoms with Crippen LogP contribution in [0.15, 0.2) is 17.5 Å². The van der Waals surface area contributed by atoms with E-state index >= 15 is 0 Å². The Hall–Kier alpha value is -2.03. The molecule has 2 heterocycles. The molecule has 2 aliphatic carbocycles. The summed E-state index contributed by atoms with van der Waals surface area (Å²) in [6.07, 6.45) is 3.75. The molecule has 2 fully saturated rings. The number of rotatable bonds is 5. The van der Waals surface area contributed by atoms with Crippen molar-refractivity contribution in [3.63, 3.8) is 0 Å². The first-order valence-corrected chi connectivity index (χ1v) is 11.3. The van der Waals surface area contributed by atoms with Gasteiger partial charge in [0.05, 0.1) is 18.8 Å². The van der Waals surface area contributed by atoms with Crippen LogP contribution in [0.3, 0.4) is 0 Å².